The Morgan fingerprint density at radius 3 is 0.556 bits per heavy atom. The maximum absolute atomic E-state index is 5.52. The van der Waals surface area contributed by atoms with Gasteiger partial charge in [0.05, 0.1) is 0 Å². The number of hydrogen-bond donors (Lipinski definition) is 0. The number of benzene rings is 7. The lowest BCUT2D eigenvalue weighted by atomic mass is 10.0. The number of hydrogen-bond acceptors (Lipinski definition) is 0. The maximum Gasteiger partial charge on any atom is 0.0273 e. The van der Waals surface area contributed by atoms with Crippen molar-refractivity contribution in [1.29, 1.82) is 0 Å². The Labute approximate surface area is 318 Å². The lowest BCUT2D eigenvalue weighted by Gasteiger charge is -2.02. The van der Waals surface area contributed by atoms with Crippen LogP contribution in [0.5, 0.6) is 0 Å². The summed E-state index contributed by atoms with van der Waals surface area (Å²) in [4.78, 5) is 0. The van der Waals surface area contributed by atoms with Crippen LogP contribution in [0.25, 0.3) is 33.4 Å². The van der Waals surface area contributed by atoms with Crippen molar-refractivity contribution >= 4 is 0 Å². The van der Waals surface area contributed by atoms with Crippen LogP contribution in [0.2, 0.25) is 0 Å². The van der Waals surface area contributed by atoms with Crippen LogP contribution < -0.4 is 0 Å². The summed E-state index contributed by atoms with van der Waals surface area (Å²) in [6.45, 7) is 0. The third-order valence-corrected chi connectivity index (χ3v) is 8.80. The van der Waals surface area contributed by atoms with Gasteiger partial charge >= 0.3 is 0 Å². The second-order valence-corrected chi connectivity index (χ2v) is 12.4. The molecule has 0 N–H and O–H groups in total. The first kappa shape index (κ1) is 34.4. The van der Waals surface area contributed by atoms with Crippen LogP contribution >= 0.6 is 0 Å². The van der Waals surface area contributed by atoms with Crippen LogP contribution in [0.3, 0.4) is 0 Å². The van der Waals surface area contributed by atoms with Crippen molar-refractivity contribution in [2.24, 2.45) is 0 Å². The van der Waals surface area contributed by atoms with E-state index in [1.54, 1.807) is 0 Å². The molecule has 0 saturated carbocycles. The first-order valence-electron chi connectivity index (χ1n) is 17.3. The summed E-state index contributed by atoms with van der Waals surface area (Å²) in [5.41, 5.74) is 14.4. The zero-order valence-electron chi connectivity index (χ0n) is 29.3. The van der Waals surface area contributed by atoms with E-state index in [0.29, 0.717) is 0 Å². The fraction of sp³-hybridized carbons (Fsp3) is 0. The zero-order valence-corrected chi connectivity index (χ0v) is 29.3. The van der Waals surface area contributed by atoms with Crippen molar-refractivity contribution < 1.29 is 0 Å². The molecule has 0 atom stereocenters. The van der Waals surface area contributed by atoms with Gasteiger partial charge in [-0.05, 0) is 124 Å². The van der Waals surface area contributed by atoms with Crippen molar-refractivity contribution in [2.45, 2.75) is 0 Å². The summed E-state index contributed by atoms with van der Waals surface area (Å²) in [5, 5.41) is 0. The van der Waals surface area contributed by atoms with E-state index in [0.717, 1.165) is 83.5 Å². The van der Waals surface area contributed by atoms with E-state index in [1.807, 2.05) is 127 Å². The van der Waals surface area contributed by atoms with Crippen molar-refractivity contribution in [3.05, 3.63) is 214 Å². The molecule has 0 aliphatic carbocycles. The van der Waals surface area contributed by atoms with Gasteiger partial charge in [-0.15, -0.1) is 19.3 Å². The molecule has 0 fully saturated rings. The standard InChI is InChI=1S/C54H30/c1-4-40-13-25-49(26-14-40)52-31-19-43(20-32-52)7-10-46-37-47(11-8-44-21-33-53(34-22-44)50-27-15-41(5-2)16-28-50)39-48(38-46)12-9-45-23-35-54(36-24-45)51-29-17-42(6-3)18-30-51/h1-3,13-39H. The van der Waals surface area contributed by atoms with Crippen LogP contribution in [0.1, 0.15) is 50.1 Å². The van der Waals surface area contributed by atoms with Gasteiger partial charge in [-0.25, -0.2) is 0 Å². The van der Waals surface area contributed by atoms with Gasteiger partial charge in [-0.2, -0.15) is 0 Å². The van der Waals surface area contributed by atoms with Gasteiger partial charge in [0.15, 0.2) is 0 Å². The molecule has 0 nitrogen and oxygen atoms in total. The average Bonchev–Trinajstić information content (AvgIpc) is 3.25. The van der Waals surface area contributed by atoms with E-state index < -0.39 is 0 Å². The van der Waals surface area contributed by atoms with Crippen molar-refractivity contribution in [1.82, 2.24) is 0 Å². The predicted molar refractivity (Wildman–Crippen MR) is 224 cm³/mol. The molecule has 0 spiro atoms. The van der Waals surface area contributed by atoms with Crippen LogP contribution in [0, 0.1) is 72.6 Å². The van der Waals surface area contributed by atoms with E-state index in [4.69, 9.17) is 19.3 Å². The minimum atomic E-state index is 0.830. The Morgan fingerprint density at radius 1 is 0.204 bits per heavy atom. The SMILES string of the molecule is C#Cc1ccc(-c2ccc(C#Cc3cc(C#Cc4ccc(-c5ccc(C#C)cc5)cc4)cc(C#Cc4ccc(-c5ccc(C#C)cc5)cc4)c3)cc2)cc1. The van der Waals surface area contributed by atoms with Crippen LogP contribution in [-0.4, -0.2) is 0 Å². The van der Waals surface area contributed by atoms with E-state index in [-0.39, 0.29) is 0 Å². The molecule has 0 aliphatic rings. The lowest BCUT2D eigenvalue weighted by molar-refractivity contribution is 1.54. The summed E-state index contributed by atoms with van der Waals surface area (Å²) in [6.07, 6.45) is 16.6. The molecule has 246 valence electrons. The number of rotatable bonds is 3. The topological polar surface area (TPSA) is 0 Å². The molecule has 7 aromatic carbocycles. The minimum absolute atomic E-state index is 0.830. The smallest absolute Gasteiger partial charge is 0.0273 e. The Kier molecular flexibility index (Phi) is 10.4. The summed E-state index contributed by atoms with van der Waals surface area (Å²) in [7, 11) is 0. The second-order valence-electron chi connectivity index (χ2n) is 12.4. The fourth-order valence-electron chi connectivity index (χ4n) is 5.79. The third kappa shape index (κ3) is 8.60. The van der Waals surface area contributed by atoms with Crippen molar-refractivity contribution in [2.75, 3.05) is 0 Å². The molecule has 7 rings (SSSR count). The molecule has 0 unspecified atom stereocenters. The summed E-state index contributed by atoms with van der Waals surface area (Å²) in [5.74, 6) is 28.0. The molecular formula is C54H30. The molecule has 0 heteroatoms. The largest absolute Gasteiger partial charge is 0.115 e. The summed E-state index contributed by atoms with van der Waals surface area (Å²) in [6, 6.07) is 54.5. The number of terminal acetylenes is 3. The van der Waals surface area contributed by atoms with E-state index in [9.17, 15) is 0 Å². The molecular weight excluding hydrogens is 649 g/mol. The van der Waals surface area contributed by atoms with Crippen LogP contribution in [-0.2, 0) is 0 Å². The molecule has 0 saturated heterocycles. The maximum atomic E-state index is 5.52. The molecule has 54 heavy (non-hydrogen) atoms. The molecule has 0 heterocycles. The Hall–Kier alpha value is -8.10. The second kappa shape index (κ2) is 16.3. The molecule has 0 aromatic heterocycles. The van der Waals surface area contributed by atoms with E-state index >= 15 is 0 Å². The summed E-state index contributed by atoms with van der Waals surface area (Å²) >= 11 is 0. The Morgan fingerprint density at radius 2 is 0.370 bits per heavy atom. The average molecular weight is 679 g/mol. The first-order chi connectivity index (χ1) is 26.5. The Balaban J connectivity index is 1.16. The highest BCUT2D eigenvalue weighted by Crippen LogP contribution is 2.23. The summed E-state index contributed by atoms with van der Waals surface area (Å²) < 4.78 is 0. The lowest BCUT2D eigenvalue weighted by Crippen LogP contribution is -1.86. The molecule has 0 amide bonds. The minimum Gasteiger partial charge on any atom is -0.115 e. The van der Waals surface area contributed by atoms with Gasteiger partial charge in [0, 0.05) is 50.1 Å². The highest BCUT2D eigenvalue weighted by atomic mass is 14.1. The fourth-order valence-corrected chi connectivity index (χ4v) is 5.79. The Bertz CT molecular complexity index is 2440. The normalized spacial score (nSPS) is 9.72. The van der Waals surface area contributed by atoms with Gasteiger partial charge in [0.1, 0.15) is 0 Å². The van der Waals surface area contributed by atoms with Crippen LogP contribution in [0.4, 0.5) is 0 Å². The quantitative estimate of drug-likeness (QED) is 0.163. The molecule has 0 bridgehead atoms. The van der Waals surface area contributed by atoms with E-state index in [2.05, 4.69) is 89.7 Å². The molecule has 0 aliphatic heterocycles. The highest BCUT2D eigenvalue weighted by Gasteiger charge is 2.02. The van der Waals surface area contributed by atoms with Gasteiger partial charge in [-0.3, -0.25) is 0 Å². The van der Waals surface area contributed by atoms with Crippen molar-refractivity contribution in [3.8, 4) is 106 Å². The first-order valence-corrected chi connectivity index (χ1v) is 17.3. The van der Waals surface area contributed by atoms with Crippen molar-refractivity contribution in [3.63, 3.8) is 0 Å². The zero-order chi connectivity index (χ0) is 37.1. The molecule has 7 aromatic rings. The van der Waals surface area contributed by atoms with E-state index in [1.165, 1.54) is 0 Å². The van der Waals surface area contributed by atoms with Gasteiger partial charge < -0.3 is 0 Å². The monoisotopic (exact) mass is 678 g/mol. The highest BCUT2D eigenvalue weighted by molar-refractivity contribution is 5.68. The van der Waals surface area contributed by atoms with Gasteiger partial charge in [-0.1, -0.05) is 126 Å². The predicted octanol–water partition coefficient (Wildman–Crippen LogP) is 10.8. The van der Waals surface area contributed by atoms with Gasteiger partial charge in [0.2, 0.25) is 0 Å². The molecule has 0 radical (unpaired) electrons. The van der Waals surface area contributed by atoms with Gasteiger partial charge in [0.25, 0.3) is 0 Å². The third-order valence-electron chi connectivity index (χ3n) is 8.80. The van der Waals surface area contributed by atoms with Crippen LogP contribution in [0.15, 0.2) is 164 Å².